The zero-order valence-electron chi connectivity index (χ0n) is 17.5. The highest BCUT2D eigenvalue weighted by atomic mass is 19.4. The van der Waals surface area contributed by atoms with E-state index in [1.165, 1.54) is 4.90 Å². The number of rotatable bonds is 3. The molecule has 3 aliphatic heterocycles. The number of amides is 3. The Morgan fingerprint density at radius 3 is 2.61 bits per heavy atom. The van der Waals surface area contributed by atoms with Gasteiger partial charge in [-0.3, -0.25) is 19.7 Å². The first-order valence-electron chi connectivity index (χ1n) is 10.8. The highest BCUT2D eigenvalue weighted by molar-refractivity contribution is 6.05. The summed E-state index contributed by atoms with van der Waals surface area (Å²) in [7, 11) is 0. The number of hydrogen-bond donors (Lipinski definition) is 1. The Hall–Kier alpha value is -3.21. The lowest BCUT2D eigenvalue weighted by Crippen LogP contribution is -2.52. The molecule has 1 aromatic carbocycles. The Bertz CT molecular complexity index is 1140. The predicted octanol–water partition coefficient (Wildman–Crippen LogP) is 3.03. The van der Waals surface area contributed by atoms with Crippen LogP contribution in [0.3, 0.4) is 0 Å². The molecule has 0 radical (unpaired) electrons. The lowest BCUT2D eigenvalue weighted by atomic mass is 10.0. The zero-order chi connectivity index (χ0) is 23.3. The van der Waals surface area contributed by atoms with E-state index >= 15 is 0 Å². The van der Waals surface area contributed by atoms with Crippen molar-refractivity contribution in [3.8, 4) is 11.3 Å². The number of hydrogen-bond acceptors (Lipinski definition) is 5. The minimum atomic E-state index is -4.60. The van der Waals surface area contributed by atoms with Gasteiger partial charge in [0.25, 0.3) is 5.91 Å². The predicted molar refractivity (Wildman–Crippen MR) is 108 cm³/mol. The van der Waals surface area contributed by atoms with Gasteiger partial charge in [-0.25, -0.2) is 4.68 Å². The summed E-state index contributed by atoms with van der Waals surface area (Å²) in [4.78, 5) is 37.9. The Morgan fingerprint density at radius 1 is 1.09 bits per heavy atom. The maximum Gasteiger partial charge on any atom is 0.433 e. The highest BCUT2D eigenvalue weighted by Crippen LogP contribution is 2.37. The number of halogens is 3. The van der Waals surface area contributed by atoms with E-state index in [2.05, 4.69) is 10.4 Å². The molecule has 11 heteroatoms. The number of ether oxygens (including phenoxy) is 1. The zero-order valence-corrected chi connectivity index (χ0v) is 17.5. The van der Waals surface area contributed by atoms with E-state index in [1.54, 1.807) is 18.2 Å². The smallest absolute Gasteiger partial charge is 0.356 e. The number of nitrogens with one attached hydrogen (secondary N) is 1. The normalized spacial score (nSPS) is 23.6. The SMILES string of the molecule is O=C1CCC(N2Cc3cc(-c4cc(C(F)(F)F)n(C5CCCCO5)n4)ccc3C2=O)C(=O)N1. The number of carbonyl (C=O) groups is 3. The van der Waals surface area contributed by atoms with Crippen LogP contribution in [-0.4, -0.2) is 45.1 Å². The van der Waals surface area contributed by atoms with Gasteiger partial charge in [0.2, 0.25) is 11.8 Å². The van der Waals surface area contributed by atoms with Gasteiger partial charge in [0.05, 0.1) is 5.69 Å². The van der Waals surface area contributed by atoms with Gasteiger partial charge in [-0.05, 0) is 49.4 Å². The van der Waals surface area contributed by atoms with Crippen LogP contribution in [0.5, 0.6) is 0 Å². The van der Waals surface area contributed by atoms with Crippen LogP contribution in [0.1, 0.15) is 59.9 Å². The van der Waals surface area contributed by atoms with E-state index < -0.39 is 30.0 Å². The second-order valence-corrected chi connectivity index (χ2v) is 8.45. The van der Waals surface area contributed by atoms with E-state index in [0.717, 1.165) is 23.6 Å². The van der Waals surface area contributed by atoms with Gasteiger partial charge in [-0.1, -0.05) is 6.07 Å². The van der Waals surface area contributed by atoms with Crippen molar-refractivity contribution in [1.29, 1.82) is 0 Å². The maximum atomic E-state index is 13.7. The van der Waals surface area contributed by atoms with E-state index in [4.69, 9.17) is 4.74 Å². The van der Waals surface area contributed by atoms with Gasteiger partial charge in [0, 0.05) is 30.7 Å². The summed E-state index contributed by atoms with van der Waals surface area (Å²) in [5.41, 5.74) is 0.665. The van der Waals surface area contributed by atoms with Crippen LogP contribution in [0, 0.1) is 0 Å². The first kappa shape index (κ1) is 21.6. The third kappa shape index (κ3) is 3.90. The molecule has 3 aliphatic rings. The molecular weight excluding hydrogens is 441 g/mol. The number of carbonyl (C=O) groups excluding carboxylic acids is 3. The molecule has 1 N–H and O–H groups in total. The van der Waals surface area contributed by atoms with Crippen LogP contribution >= 0.6 is 0 Å². The molecule has 0 saturated carbocycles. The Morgan fingerprint density at radius 2 is 1.91 bits per heavy atom. The third-order valence-corrected chi connectivity index (χ3v) is 6.27. The van der Waals surface area contributed by atoms with Crippen molar-refractivity contribution < 1.29 is 32.3 Å². The van der Waals surface area contributed by atoms with Crippen LogP contribution in [-0.2, 0) is 27.0 Å². The average Bonchev–Trinajstić information content (AvgIpc) is 3.37. The fourth-order valence-corrected chi connectivity index (χ4v) is 4.62. The van der Waals surface area contributed by atoms with Gasteiger partial charge in [-0.15, -0.1) is 0 Å². The quantitative estimate of drug-likeness (QED) is 0.708. The molecule has 1 aromatic heterocycles. The number of fused-ring (bicyclic) bond motifs is 1. The molecule has 2 unspecified atom stereocenters. The maximum absolute atomic E-state index is 13.7. The summed E-state index contributed by atoms with van der Waals surface area (Å²) in [6.45, 7) is 0.515. The third-order valence-electron chi connectivity index (χ3n) is 6.27. The van der Waals surface area contributed by atoms with Gasteiger partial charge in [-0.2, -0.15) is 18.3 Å². The summed E-state index contributed by atoms with van der Waals surface area (Å²) in [5.74, 6) is -1.24. The van der Waals surface area contributed by atoms with E-state index in [1.807, 2.05) is 0 Å². The van der Waals surface area contributed by atoms with Crippen LogP contribution in [0.4, 0.5) is 13.2 Å². The number of benzene rings is 1. The average molecular weight is 462 g/mol. The van der Waals surface area contributed by atoms with Crippen molar-refractivity contribution in [3.05, 3.63) is 41.1 Å². The van der Waals surface area contributed by atoms with E-state index in [-0.39, 0.29) is 36.9 Å². The molecular formula is C22H21F3N4O4. The minimum absolute atomic E-state index is 0.131. The van der Waals surface area contributed by atoms with Crippen LogP contribution in [0.25, 0.3) is 11.3 Å². The lowest BCUT2D eigenvalue weighted by molar-refractivity contribution is -0.152. The van der Waals surface area contributed by atoms with Gasteiger partial charge < -0.3 is 9.64 Å². The van der Waals surface area contributed by atoms with Crippen molar-refractivity contribution in [2.24, 2.45) is 0 Å². The molecule has 8 nitrogen and oxygen atoms in total. The molecule has 5 rings (SSSR count). The molecule has 0 spiro atoms. The van der Waals surface area contributed by atoms with Gasteiger partial charge >= 0.3 is 6.18 Å². The van der Waals surface area contributed by atoms with Crippen molar-refractivity contribution >= 4 is 17.7 Å². The molecule has 2 fully saturated rings. The summed E-state index contributed by atoms with van der Waals surface area (Å²) < 4.78 is 47.5. The van der Waals surface area contributed by atoms with Crippen molar-refractivity contribution in [3.63, 3.8) is 0 Å². The summed E-state index contributed by atoms with van der Waals surface area (Å²) >= 11 is 0. The topological polar surface area (TPSA) is 93.5 Å². The van der Waals surface area contributed by atoms with Gasteiger partial charge in [0.1, 0.15) is 11.7 Å². The lowest BCUT2D eigenvalue weighted by Gasteiger charge is -2.29. The Balaban J connectivity index is 1.45. The molecule has 2 aromatic rings. The van der Waals surface area contributed by atoms with Crippen molar-refractivity contribution in [1.82, 2.24) is 20.0 Å². The number of alkyl halides is 3. The summed E-state index contributed by atoms with van der Waals surface area (Å²) in [5, 5.41) is 6.46. The Labute approximate surface area is 186 Å². The number of nitrogens with zero attached hydrogens (tertiary/aromatic N) is 3. The largest absolute Gasteiger partial charge is 0.433 e. The standard InChI is InChI=1S/C22H21F3N4O4/c23-22(24,25)17-10-15(27-29(17)19-3-1-2-8-33-19)12-4-5-14-13(9-12)11-28(21(14)32)16-6-7-18(30)26-20(16)31/h4-5,9-10,16,19H,1-3,6-8,11H2,(H,26,30,31). The van der Waals surface area contributed by atoms with E-state index in [9.17, 15) is 27.6 Å². The monoisotopic (exact) mass is 462 g/mol. The first-order chi connectivity index (χ1) is 15.7. The van der Waals surface area contributed by atoms with Gasteiger partial charge in [0.15, 0.2) is 6.23 Å². The fraction of sp³-hybridized carbons (Fsp3) is 0.455. The molecule has 0 bridgehead atoms. The number of piperidine rings is 1. The molecule has 3 amide bonds. The second kappa shape index (κ2) is 7.98. The molecule has 174 valence electrons. The molecule has 2 saturated heterocycles. The first-order valence-corrected chi connectivity index (χ1v) is 10.8. The molecule has 33 heavy (non-hydrogen) atoms. The van der Waals surface area contributed by atoms with Crippen LogP contribution < -0.4 is 5.32 Å². The van der Waals surface area contributed by atoms with Crippen LogP contribution in [0.15, 0.2) is 24.3 Å². The number of imide groups is 1. The molecule has 4 heterocycles. The Kier molecular flexibility index (Phi) is 5.23. The minimum Gasteiger partial charge on any atom is -0.356 e. The van der Waals surface area contributed by atoms with Crippen LogP contribution in [0.2, 0.25) is 0 Å². The van der Waals surface area contributed by atoms with E-state index in [0.29, 0.717) is 29.7 Å². The van der Waals surface area contributed by atoms with Crippen molar-refractivity contribution in [2.75, 3.05) is 6.61 Å². The molecule has 0 aliphatic carbocycles. The number of aromatic nitrogens is 2. The fourth-order valence-electron chi connectivity index (χ4n) is 4.62. The second-order valence-electron chi connectivity index (χ2n) is 8.45. The molecule has 2 atom stereocenters. The summed E-state index contributed by atoms with van der Waals surface area (Å²) in [6.07, 6.45) is -2.99. The summed E-state index contributed by atoms with van der Waals surface area (Å²) in [6, 6.07) is 4.97. The highest BCUT2D eigenvalue weighted by Gasteiger charge is 2.40. The van der Waals surface area contributed by atoms with Crippen molar-refractivity contribution in [2.45, 2.75) is 57.1 Å².